The number of amides is 1. The maximum Gasteiger partial charge on any atom is 0.264 e. The van der Waals surface area contributed by atoms with E-state index < -0.39 is 11.5 Å². The normalized spacial score (nSPS) is 28.6. The number of Topliss-reactive ketones (excluding diaryl/α,β-unsaturated/α-hetero) is 1. The second kappa shape index (κ2) is 7.54. The predicted octanol–water partition coefficient (Wildman–Crippen LogP) is 2.53. The predicted molar refractivity (Wildman–Crippen MR) is 111 cm³/mol. The fourth-order valence-corrected chi connectivity index (χ4v) is 4.59. The first-order valence-electron chi connectivity index (χ1n) is 9.73. The van der Waals surface area contributed by atoms with Gasteiger partial charge in [-0.1, -0.05) is 41.9 Å². The Labute approximate surface area is 174 Å². The number of hydrogen-bond donors (Lipinski definition) is 3. The third kappa shape index (κ3) is 3.46. The summed E-state index contributed by atoms with van der Waals surface area (Å²) in [5.41, 5.74) is 6.08. The van der Waals surface area contributed by atoms with E-state index in [2.05, 4.69) is 10.9 Å². The number of carbonyl (C=O) groups is 2. The standard InChI is InChI=1S/C22H24ClN3O3/c1-13-20(14(2)25-24-13)19(27)11-22(29)17-10-16(23)8-9-18(17)26(21(22)28)12-15-6-4-3-5-7-15/h3-10,13-14,20,24-25,29H,11-12H2,1-2H3. The molecule has 1 amide bonds. The van der Waals surface area contributed by atoms with Gasteiger partial charge in [-0.3, -0.25) is 20.4 Å². The Kier molecular flexibility index (Phi) is 5.21. The number of hydrazine groups is 1. The lowest BCUT2D eigenvalue weighted by molar-refractivity contribution is -0.143. The molecule has 4 rings (SSSR count). The molecule has 1 fully saturated rings. The Hall–Kier alpha value is -2.25. The van der Waals surface area contributed by atoms with Crippen molar-refractivity contribution in [2.75, 3.05) is 4.90 Å². The first kappa shape index (κ1) is 20.0. The molecule has 0 bridgehead atoms. The van der Waals surface area contributed by atoms with Gasteiger partial charge in [0.2, 0.25) is 0 Å². The molecule has 0 saturated carbocycles. The van der Waals surface area contributed by atoms with E-state index in [-0.39, 0.29) is 30.2 Å². The van der Waals surface area contributed by atoms with Gasteiger partial charge < -0.3 is 10.0 Å². The number of rotatable bonds is 5. The van der Waals surface area contributed by atoms with Crippen molar-refractivity contribution in [2.24, 2.45) is 5.92 Å². The lowest BCUT2D eigenvalue weighted by Crippen LogP contribution is -2.44. The van der Waals surface area contributed by atoms with Crippen molar-refractivity contribution in [3.63, 3.8) is 0 Å². The number of fused-ring (bicyclic) bond motifs is 1. The molecule has 0 aliphatic carbocycles. The summed E-state index contributed by atoms with van der Waals surface area (Å²) in [5, 5.41) is 11.9. The number of aliphatic hydroxyl groups is 1. The van der Waals surface area contributed by atoms with Crippen molar-refractivity contribution in [2.45, 2.75) is 44.5 Å². The van der Waals surface area contributed by atoms with E-state index in [1.165, 1.54) is 4.90 Å². The monoisotopic (exact) mass is 413 g/mol. The van der Waals surface area contributed by atoms with Gasteiger partial charge >= 0.3 is 0 Å². The zero-order chi connectivity index (χ0) is 20.8. The molecule has 6 nitrogen and oxygen atoms in total. The molecule has 2 aliphatic rings. The van der Waals surface area contributed by atoms with Crippen LogP contribution in [0.25, 0.3) is 0 Å². The van der Waals surface area contributed by atoms with Crippen LogP contribution in [-0.2, 0) is 21.7 Å². The zero-order valence-electron chi connectivity index (χ0n) is 16.4. The van der Waals surface area contributed by atoms with Gasteiger partial charge in [0.1, 0.15) is 5.78 Å². The van der Waals surface area contributed by atoms with Crippen LogP contribution in [0.4, 0.5) is 5.69 Å². The van der Waals surface area contributed by atoms with Gasteiger partial charge in [0, 0.05) is 29.1 Å². The molecule has 0 aromatic heterocycles. The molecule has 0 spiro atoms. The van der Waals surface area contributed by atoms with Gasteiger partial charge in [0.05, 0.1) is 18.2 Å². The number of halogens is 1. The molecular formula is C22H24ClN3O3. The van der Waals surface area contributed by atoms with Crippen LogP contribution in [0.5, 0.6) is 0 Å². The third-order valence-corrected chi connectivity index (χ3v) is 6.13. The molecule has 2 aromatic carbocycles. The molecule has 3 N–H and O–H groups in total. The first-order valence-corrected chi connectivity index (χ1v) is 10.1. The fourth-order valence-electron chi connectivity index (χ4n) is 4.42. The van der Waals surface area contributed by atoms with E-state index in [1.807, 2.05) is 44.2 Å². The average molecular weight is 414 g/mol. The maximum atomic E-state index is 13.4. The highest BCUT2D eigenvalue weighted by molar-refractivity contribution is 6.31. The highest BCUT2D eigenvalue weighted by Crippen LogP contribution is 2.45. The van der Waals surface area contributed by atoms with Crippen LogP contribution in [-0.4, -0.2) is 28.9 Å². The molecule has 2 aromatic rings. The van der Waals surface area contributed by atoms with E-state index in [4.69, 9.17) is 11.6 Å². The molecule has 7 heteroatoms. The second-order valence-electron chi connectivity index (χ2n) is 7.93. The number of carbonyl (C=O) groups excluding carboxylic acids is 2. The molecule has 2 heterocycles. The van der Waals surface area contributed by atoms with Crippen LogP contribution in [0.2, 0.25) is 5.02 Å². The summed E-state index contributed by atoms with van der Waals surface area (Å²) in [7, 11) is 0. The summed E-state index contributed by atoms with van der Waals surface area (Å²) in [5.74, 6) is -0.991. The number of ketones is 1. The Balaban J connectivity index is 1.68. The molecule has 3 unspecified atom stereocenters. The van der Waals surface area contributed by atoms with E-state index in [0.29, 0.717) is 22.8 Å². The molecule has 0 radical (unpaired) electrons. The van der Waals surface area contributed by atoms with Gasteiger partial charge in [0.25, 0.3) is 5.91 Å². The van der Waals surface area contributed by atoms with Gasteiger partial charge in [-0.05, 0) is 37.6 Å². The summed E-state index contributed by atoms with van der Waals surface area (Å²) in [6.07, 6.45) is -0.285. The lowest BCUT2D eigenvalue weighted by atomic mass is 9.82. The van der Waals surface area contributed by atoms with Crippen LogP contribution in [0.3, 0.4) is 0 Å². The molecule has 2 aliphatic heterocycles. The van der Waals surface area contributed by atoms with Gasteiger partial charge in [-0.15, -0.1) is 0 Å². The zero-order valence-corrected chi connectivity index (χ0v) is 17.1. The quantitative estimate of drug-likeness (QED) is 0.701. The highest BCUT2D eigenvalue weighted by Gasteiger charge is 2.52. The molecule has 29 heavy (non-hydrogen) atoms. The van der Waals surface area contributed by atoms with Crippen molar-refractivity contribution >= 4 is 29.0 Å². The summed E-state index contributed by atoms with van der Waals surface area (Å²) >= 11 is 6.17. The van der Waals surface area contributed by atoms with Crippen LogP contribution in [0.15, 0.2) is 48.5 Å². The number of anilines is 1. The van der Waals surface area contributed by atoms with Gasteiger partial charge in [-0.2, -0.15) is 0 Å². The fraction of sp³-hybridized carbons (Fsp3) is 0.364. The topological polar surface area (TPSA) is 81.7 Å². The van der Waals surface area contributed by atoms with Crippen LogP contribution in [0.1, 0.15) is 31.4 Å². The van der Waals surface area contributed by atoms with Crippen LogP contribution < -0.4 is 15.8 Å². The number of benzene rings is 2. The van der Waals surface area contributed by atoms with Crippen molar-refractivity contribution in [1.29, 1.82) is 0 Å². The average Bonchev–Trinajstić information content (AvgIpc) is 3.13. The number of nitrogens with one attached hydrogen (secondary N) is 2. The Bertz CT molecular complexity index is 942. The molecule has 3 atom stereocenters. The highest BCUT2D eigenvalue weighted by atomic mass is 35.5. The van der Waals surface area contributed by atoms with E-state index >= 15 is 0 Å². The third-order valence-electron chi connectivity index (χ3n) is 5.90. The van der Waals surface area contributed by atoms with Crippen molar-refractivity contribution in [3.8, 4) is 0 Å². The van der Waals surface area contributed by atoms with Crippen molar-refractivity contribution in [3.05, 3.63) is 64.7 Å². The minimum absolute atomic E-state index is 0.0862. The second-order valence-corrected chi connectivity index (χ2v) is 8.37. The molecular weight excluding hydrogens is 390 g/mol. The number of hydrogen-bond acceptors (Lipinski definition) is 5. The SMILES string of the molecule is CC1NNC(C)C1C(=O)CC1(O)C(=O)N(Cc2ccccc2)c2ccc(Cl)cc21. The van der Waals surface area contributed by atoms with Crippen molar-refractivity contribution in [1.82, 2.24) is 10.9 Å². The summed E-state index contributed by atoms with van der Waals surface area (Å²) in [6.45, 7) is 4.13. The minimum atomic E-state index is -1.92. The Morgan fingerprint density at radius 2 is 1.79 bits per heavy atom. The smallest absolute Gasteiger partial charge is 0.264 e. The first-order chi connectivity index (χ1) is 13.8. The summed E-state index contributed by atoms with van der Waals surface area (Å²) in [4.78, 5) is 28.0. The largest absolute Gasteiger partial charge is 0.375 e. The Morgan fingerprint density at radius 1 is 1.14 bits per heavy atom. The summed E-state index contributed by atoms with van der Waals surface area (Å²) in [6, 6.07) is 14.4. The Morgan fingerprint density at radius 3 is 2.45 bits per heavy atom. The van der Waals surface area contributed by atoms with Gasteiger partial charge in [-0.25, -0.2) is 0 Å². The van der Waals surface area contributed by atoms with Gasteiger partial charge in [0.15, 0.2) is 5.60 Å². The van der Waals surface area contributed by atoms with Crippen molar-refractivity contribution < 1.29 is 14.7 Å². The van der Waals surface area contributed by atoms with Crippen LogP contribution >= 0.6 is 11.6 Å². The minimum Gasteiger partial charge on any atom is -0.375 e. The van der Waals surface area contributed by atoms with E-state index in [1.54, 1.807) is 18.2 Å². The maximum absolute atomic E-state index is 13.4. The molecule has 1 saturated heterocycles. The lowest BCUT2D eigenvalue weighted by Gasteiger charge is -2.25. The number of nitrogens with zero attached hydrogens (tertiary/aromatic N) is 1. The molecule has 152 valence electrons. The van der Waals surface area contributed by atoms with Crippen LogP contribution in [0, 0.1) is 5.92 Å². The summed E-state index contributed by atoms with van der Waals surface area (Å²) < 4.78 is 0. The van der Waals surface area contributed by atoms with E-state index in [9.17, 15) is 14.7 Å². The van der Waals surface area contributed by atoms with E-state index in [0.717, 1.165) is 5.56 Å².